The lowest BCUT2D eigenvalue weighted by Gasteiger charge is -2.04. The number of nitrogens with one attached hydrogen (secondary N) is 1. The van der Waals surface area contributed by atoms with Gasteiger partial charge in [0.25, 0.3) is 5.91 Å². The Hall–Kier alpha value is -1.64. The van der Waals surface area contributed by atoms with Gasteiger partial charge in [-0.1, -0.05) is 18.2 Å². The molecule has 0 radical (unpaired) electrons. The van der Waals surface area contributed by atoms with Gasteiger partial charge in [-0.15, -0.1) is 11.3 Å². The number of hydrogen-bond acceptors (Lipinski definition) is 5. The van der Waals surface area contributed by atoms with E-state index < -0.39 is 15.7 Å². The average molecular weight is 428 g/mol. The minimum atomic E-state index is -3.30. The van der Waals surface area contributed by atoms with Gasteiger partial charge in [0.2, 0.25) is 0 Å². The Balaban J connectivity index is 1.92. The minimum absolute atomic E-state index is 0.0530. The van der Waals surface area contributed by atoms with Crippen LogP contribution in [0.5, 0.6) is 0 Å². The van der Waals surface area contributed by atoms with Gasteiger partial charge in [-0.2, -0.15) is 0 Å². The molecular weight excluding hydrogens is 414 g/mol. The van der Waals surface area contributed by atoms with Crippen molar-refractivity contribution in [2.45, 2.75) is 12.3 Å². The molecular formula is C16H14BrNO4S2. The van der Waals surface area contributed by atoms with Crippen LogP contribution in [-0.2, 0) is 22.1 Å². The first kappa shape index (κ1) is 17.2. The van der Waals surface area contributed by atoms with E-state index in [0.717, 1.165) is 14.9 Å². The van der Waals surface area contributed by atoms with Gasteiger partial charge in [0.15, 0.2) is 15.6 Å². The van der Waals surface area contributed by atoms with Crippen LogP contribution in [-0.4, -0.2) is 20.6 Å². The topological polar surface area (TPSA) is 76.4 Å². The largest absolute Gasteiger partial charge is 0.451 e. The van der Waals surface area contributed by atoms with Gasteiger partial charge >= 0.3 is 0 Å². The van der Waals surface area contributed by atoms with E-state index in [2.05, 4.69) is 21.2 Å². The molecule has 8 heteroatoms. The molecule has 0 saturated heterocycles. The second kappa shape index (κ2) is 6.70. The number of carbonyl (C=O) groups is 1. The minimum Gasteiger partial charge on any atom is -0.451 e. The highest BCUT2D eigenvalue weighted by Gasteiger charge is 2.23. The lowest BCUT2D eigenvalue weighted by atomic mass is 10.1. The smallest absolute Gasteiger partial charge is 0.287 e. The Labute approximate surface area is 151 Å². The molecule has 3 aromatic rings. The van der Waals surface area contributed by atoms with Crippen LogP contribution in [0, 0.1) is 0 Å². The quantitative estimate of drug-likeness (QED) is 0.672. The molecule has 0 saturated carbocycles. The maximum Gasteiger partial charge on any atom is 0.287 e. The predicted molar refractivity (Wildman–Crippen MR) is 98.0 cm³/mol. The lowest BCUT2D eigenvalue weighted by Crippen LogP contribution is -2.23. The van der Waals surface area contributed by atoms with Gasteiger partial charge in [0.05, 0.1) is 16.1 Å². The molecule has 1 N–H and O–H groups in total. The van der Waals surface area contributed by atoms with Crippen LogP contribution in [0.1, 0.15) is 21.0 Å². The summed E-state index contributed by atoms with van der Waals surface area (Å²) in [6.45, 7) is 0.352. The van der Waals surface area contributed by atoms with Gasteiger partial charge in [0, 0.05) is 22.1 Å². The van der Waals surface area contributed by atoms with Crippen LogP contribution < -0.4 is 5.32 Å². The molecule has 3 rings (SSSR count). The summed E-state index contributed by atoms with van der Waals surface area (Å²) in [7, 11) is -3.30. The first-order valence-corrected chi connectivity index (χ1v) is 10.7. The third kappa shape index (κ3) is 3.88. The molecule has 2 aromatic heterocycles. The van der Waals surface area contributed by atoms with Crippen molar-refractivity contribution in [2.75, 3.05) is 6.26 Å². The Morgan fingerprint density at radius 3 is 2.67 bits per heavy atom. The van der Waals surface area contributed by atoms with E-state index in [1.165, 1.54) is 11.3 Å². The number of fused-ring (bicyclic) bond motifs is 1. The van der Waals surface area contributed by atoms with E-state index in [9.17, 15) is 13.2 Å². The Morgan fingerprint density at radius 2 is 2.00 bits per heavy atom. The monoisotopic (exact) mass is 427 g/mol. The summed E-state index contributed by atoms with van der Waals surface area (Å²) in [5.74, 6) is -0.608. The molecule has 5 nitrogen and oxygen atoms in total. The summed E-state index contributed by atoms with van der Waals surface area (Å²) in [6.07, 6.45) is 1.14. The molecule has 1 aromatic carbocycles. The Morgan fingerprint density at radius 1 is 1.25 bits per heavy atom. The van der Waals surface area contributed by atoms with Crippen LogP contribution in [0.4, 0.5) is 0 Å². The summed E-state index contributed by atoms with van der Waals surface area (Å²) in [5.41, 5.74) is 0.901. The number of para-hydroxylation sites is 1. The number of sulfone groups is 1. The summed E-state index contributed by atoms with van der Waals surface area (Å²) in [5, 5.41) is 3.42. The van der Waals surface area contributed by atoms with Crippen molar-refractivity contribution < 1.29 is 17.6 Å². The fourth-order valence-corrected chi connectivity index (χ4v) is 4.62. The van der Waals surface area contributed by atoms with Crippen molar-refractivity contribution in [3.05, 3.63) is 56.4 Å². The van der Waals surface area contributed by atoms with E-state index in [0.29, 0.717) is 23.1 Å². The molecule has 2 heterocycles. The summed E-state index contributed by atoms with van der Waals surface area (Å²) < 4.78 is 30.0. The predicted octanol–water partition coefficient (Wildman–Crippen LogP) is 3.73. The van der Waals surface area contributed by atoms with Crippen molar-refractivity contribution in [1.82, 2.24) is 5.32 Å². The third-order valence-electron chi connectivity index (χ3n) is 3.36. The number of amides is 1. The highest BCUT2D eigenvalue weighted by molar-refractivity contribution is 9.11. The number of thiophene rings is 1. The van der Waals surface area contributed by atoms with E-state index in [4.69, 9.17) is 4.42 Å². The number of carbonyl (C=O) groups excluding carboxylic acids is 1. The number of hydrogen-bond donors (Lipinski definition) is 1. The van der Waals surface area contributed by atoms with Crippen LogP contribution in [0.3, 0.4) is 0 Å². The summed E-state index contributed by atoms with van der Waals surface area (Å²) >= 11 is 4.89. The molecule has 24 heavy (non-hydrogen) atoms. The second-order valence-corrected chi connectivity index (χ2v) is 10.1. The standard InChI is InChI=1S/C16H14BrNO4S2/c1-24(20,21)9-12-11-4-2-3-5-13(11)22-15(12)16(19)18-8-10-6-7-14(17)23-10/h2-7H,8-9H2,1H3,(H,18,19). The maximum atomic E-state index is 12.5. The van der Waals surface area contributed by atoms with Gasteiger partial charge in [-0.05, 0) is 34.1 Å². The van der Waals surface area contributed by atoms with E-state index in [1.54, 1.807) is 24.3 Å². The average Bonchev–Trinajstić information content (AvgIpc) is 3.08. The van der Waals surface area contributed by atoms with Crippen molar-refractivity contribution in [1.29, 1.82) is 0 Å². The van der Waals surface area contributed by atoms with Gasteiger partial charge in [-0.25, -0.2) is 8.42 Å². The SMILES string of the molecule is CS(=O)(=O)Cc1c(C(=O)NCc2ccc(Br)s2)oc2ccccc12. The van der Waals surface area contributed by atoms with E-state index in [1.807, 2.05) is 12.1 Å². The van der Waals surface area contributed by atoms with Crippen molar-refractivity contribution >= 4 is 54.0 Å². The number of rotatable bonds is 5. The molecule has 0 fully saturated rings. The number of furan rings is 1. The molecule has 126 valence electrons. The molecule has 0 bridgehead atoms. The molecule has 1 amide bonds. The molecule has 0 atom stereocenters. The van der Waals surface area contributed by atoms with Crippen molar-refractivity contribution in [3.63, 3.8) is 0 Å². The molecule has 0 aliphatic carbocycles. The van der Waals surface area contributed by atoms with Gasteiger partial charge < -0.3 is 9.73 Å². The molecule has 0 spiro atoms. The normalized spacial score (nSPS) is 11.8. The molecule has 0 aliphatic heterocycles. The summed E-state index contributed by atoms with van der Waals surface area (Å²) in [4.78, 5) is 13.5. The summed E-state index contributed by atoms with van der Waals surface area (Å²) in [6, 6.07) is 10.9. The Kier molecular flexibility index (Phi) is 4.80. The van der Waals surface area contributed by atoms with Crippen LogP contribution in [0.15, 0.2) is 44.6 Å². The van der Waals surface area contributed by atoms with Crippen molar-refractivity contribution in [2.24, 2.45) is 0 Å². The highest BCUT2D eigenvalue weighted by Crippen LogP contribution is 2.28. The lowest BCUT2D eigenvalue weighted by molar-refractivity contribution is 0.0925. The molecule has 0 unspecified atom stereocenters. The fourth-order valence-electron chi connectivity index (χ4n) is 2.38. The van der Waals surface area contributed by atoms with Crippen LogP contribution in [0.2, 0.25) is 0 Å². The van der Waals surface area contributed by atoms with E-state index >= 15 is 0 Å². The first-order chi connectivity index (χ1) is 11.3. The van der Waals surface area contributed by atoms with Crippen LogP contribution >= 0.6 is 27.3 Å². The highest BCUT2D eigenvalue weighted by atomic mass is 79.9. The zero-order valence-electron chi connectivity index (χ0n) is 12.7. The number of halogens is 1. The van der Waals surface area contributed by atoms with Gasteiger partial charge in [-0.3, -0.25) is 4.79 Å². The van der Waals surface area contributed by atoms with E-state index in [-0.39, 0.29) is 11.5 Å². The number of benzene rings is 1. The first-order valence-electron chi connectivity index (χ1n) is 7.04. The third-order valence-corrected chi connectivity index (χ3v) is 5.80. The zero-order valence-corrected chi connectivity index (χ0v) is 15.9. The molecule has 0 aliphatic rings. The van der Waals surface area contributed by atoms with Crippen LogP contribution in [0.25, 0.3) is 11.0 Å². The fraction of sp³-hybridized carbons (Fsp3) is 0.188. The zero-order chi connectivity index (χ0) is 17.3. The maximum absolute atomic E-state index is 12.5. The van der Waals surface area contributed by atoms with Gasteiger partial charge in [0.1, 0.15) is 5.58 Å². The second-order valence-electron chi connectivity index (χ2n) is 5.36. The Bertz CT molecular complexity index is 1000. The van der Waals surface area contributed by atoms with Crippen molar-refractivity contribution in [3.8, 4) is 0 Å².